The quantitative estimate of drug-likeness (QED) is 0.433. The molecule has 0 aliphatic carbocycles. The van der Waals surface area contributed by atoms with Crippen molar-refractivity contribution in [3.8, 4) is 11.5 Å². The Kier molecular flexibility index (Phi) is 7.28. The molecule has 4 rings (SSSR count). The molecule has 0 spiro atoms. The van der Waals surface area contributed by atoms with Crippen LogP contribution in [0.25, 0.3) is 0 Å². The van der Waals surface area contributed by atoms with Gasteiger partial charge in [-0.2, -0.15) is 0 Å². The Labute approximate surface area is 205 Å². The molecule has 35 heavy (non-hydrogen) atoms. The summed E-state index contributed by atoms with van der Waals surface area (Å²) in [6, 6.07) is 16.7. The average molecular weight is 496 g/mol. The van der Waals surface area contributed by atoms with E-state index >= 15 is 0 Å². The van der Waals surface area contributed by atoms with Crippen LogP contribution in [0.4, 0.5) is 10.5 Å². The van der Waals surface area contributed by atoms with Crippen LogP contribution in [0.2, 0.25) is 0 Å². The first-order valence-corrected chi connectivity index (χ1v) is 12.9. The molecular weight excluding hydrogens is 466 g/mol. The van der Waals surface area contributed by atoms with Gasteiger partial charge in [-0.3, -0.25) is 0 Å². The van der Waals surface area contributed by atoms with Gasteiger partial charge in [0.05, 0.1) is 30.9 Å². The lowest BCUT2D eigenvalue weighted by atomic mass is 10.1. The molecule has 0 saturated heterocycles. The number of benzene rings is 3. The highest BCUT2D eigenvalue weighted by atomic mass is 32.2. The number of nitrogens with one attached hydrogen (secondary N) is 3. The largest absolute Gasteiger partial charge is 0.493 e. The van der Waals surface area contributed by atoms with Crippen LogP contribution >= 0.6 is 0 Å². The van der Waals surface area contributed by atoms with Gasteiger partial charge < -0.3 is 25.4 Å². The van der Waals surface area contributed by atoms with E-state index < -0.39 is 15.9 Å². The third-order valence-corrected chi connectivity index (χ3v) is 7.69. The second-order valence-electron chi connectivity index (χ2n) is 8.42. The van der Waals surface area contributed by atoms with Crippen molar-refractivity contribution in [2.45, 2.75) is 36.7 Å². The van der Waals surface area contributed by atoms with E-state index in [0.29, 0.717) is 17.2 Å². The zero-order valence-corrected chi connectivity index (χ0v) is 20.7. The van der Waals surface area contributed by atoms with Crippen LogP contribution in [0.1, 0.15) is 35.2 Å². The molecule has 8 nitrogen and oxygen atoms in total. The summed E-state index contributed by atoms with van der Waals surface area (Å²) in [5.41, 5.74) is 4.45. The molecule has 3 N–H and O–H groups in total. The number of amides is 2. The lowest BCUT2D eigenvalue weighted by molar-refractivity contribution is 0.249. The molecule has 3 aromatic rings. The average Bonchev–Trinajstić information content (AvgIpc) is 3.31. The van der Waals surface area contributed by atoms with Crippen molar-refractivity contribution >= 4 is 21.6 Å². The van der Waals surface area contributed by atoms with Gasteiger partial charge in [-0.15, -0.1) is 0 Å². The fourth-order valence-corrected chi connectivity index (χ4v) is 5.39. The Bertz CT molecular complexity index is 1320. The second-order valence-corrected chi connectivity index (χ2v) is 10.4. The fraction of sp³-hybridized carbons (Fsp3) is 0.269. The Morgan fingerprint density at radius 1 is 0.943 bits per heavy atom. The maximum Gasteiger partial charge on any atom is 0.319 e. The van der Waals surface area contributed by atoms with Gasteiger partial charge in [0.2, 0.25) is 0 Å². The highest BCUT2D eigenvalue weighted by Crippen LogP contribution is 2.30. The molecule has 2 amide bonds. The van der Waals surface area contributed by atoms with Crippen LogP contribution in [-0.2, 0) is 28.7 Å². The zero-order chi connectivity index (χ0) is 25.0. The van der Waals surface area contributed by atoms with E-state index in [1.807, 2.05) is 31.2 Å². The number of hydrogen-bond acceptors (Lipinski definition) is 6. The van der Waals surface area contributed by atoms with Crippen molar-refractivity contribution in [1.82, 2.24) is 10.6 Å². The number of methoxy groups -OCH3 is 2. The van der Waals surface area contributed by atoms with Crippen molar-refractivity contribution in [2.24, 2.45) is 0 Å². The van der Waals surface area contributed by atoms with Crippen molar-refractivity contribution in [3.05, 3.63) is 82.9 Å². The third-order valence-electron chi connectivity index (χ3n) is 5.98. The van der Waals surface area contributed by atoms with Gasteiger partial charge in [-0.1, -0.05) is 24.3 Å². The third kappa shape index (κ3) is 5.75. The van der Waals surface area contributed by atoms with Crippen LogP contribution in [0.15, 0.2) is 65.6 Å². The summed E-state index contributed by atoms with van der Waals surface area (Å²) in [6.45, 7) is 3.43. The van der Waals surface area contributed by atoms with Crippen molar-refractivity contribution in [2.75, 3.05) is 19.5 Å². The number of anilines is 1. The van der Waals surface area contributed by atoms with E-state index in [2.05, 4.69) is 16.0 Å². The number of carbonyl (C=O) groups excluding carboxylic acids is 1. The molecule has 1 heterocycles. The van der Waals surface area contributed by atoms with Gasteiger partial charge in [0.15, 0.2) is 21.3 Å². The van der Waals surface area contributed by atoms with Crippen molar-refractivity contribution in [3.63, 3.8) is 0 Å². The normalized spacial score (nSPS) is 13.6. The topological polar surface area (TPSA) is 106 Å². The predicted octanol–water partition coefficient (Wildman–Crippen LogP) is 4.16. The lowest BCUT2D eigenvalue weighted by Crippen LogP contribution is -2.31. The number of hydrogen-bond donors (Lipinski definition) is 3. The molecule has 0 aromatic heterocycles. The summed E-state index contributed by atoms with van der Waals surface area (Å²) in [5.74, 6) is 1.11. The Balaban J connectivity index is 1.37. The standard InChI is InChI=1S/C26H29N3O5S/c1-17(19-6-11-24(33-2)25(13-19)34-3)28-26(30)29-22-7-9-23(10-8-22)35(31,32)16-18-4-5-20-14-27-15-21(20)12-18/h4-13,17,27H,14-16H2,1-3H3,(H2,28,29,30). The van der Waals surface area contributed by atoms with Crippen LogP contribution < -0.4 is 25.4 Å². The number of sulfone groups is 1. The van der Waals surface area contributed by atoms with Crippen molar-refractivity contribution in [1.29, 1.82) is 0 Å². The van der Waals surface area contributed by atoms with Gasteiger partial charge in [0.1, 0.15) is 0 Å². The van der Waals surface area contributed by atoms with E-state index in [0.717, 1.165) is 29.8 Å². The smallest absolute Gasteiger partial charge is 0.319 e. The molecule has 1 atom stereocenters. The van der Waals surface area contributed by atoms with E-state index in [1.54, 1.807) is 38.5 Å². The molecule has 184 valence electrons. The number of carbonyl (C=O) groups is 1. The minimum atomic E-state index is -3.51. The first kappa shape index (κ1) is 24.6. The summed E-state index contributed by atoms with van der Waals surface area (Å²) in [5, 5.41) is 8.87. The number of ether oxygens (including phenoxy) is 2. The van der Waals surface area contributed by atoms with E-state index in [9.17, 15) is 13.2 Å². The van der Waals surface area contributed by atoms with Gasteiger partial charge >= 0.3 is 6.03 Å². The molecule has 0 fully saturated rings. The van der Waals surface area contributed by atoms with Crippen LogP contribution in [-0.4, -0.2) is 28.7 Å². The molecule has 0 bridgehead atoms. The lowest BCUT2D eigenvalue weighted by Gasteiger charge is -2.17. The number of urea groups is 1. The first-order chi connectivity index (χ1) is 16.8. The van der Waals surface area contributed by atoms with Crippen LogP contribution in [0, 0.1) is 0 Å². The molecule has 0 radical (unpaired) electrons. The molecular formula is C26H29N3O5S. The van der Waals surface area contributed by atoms with E-state index in [-0.39, 0.29) is 16.7 Å². The summed E-state index contributed by atoms with van der Waals surface area (Å²) < 4.78 is 36.4. The van der Waals surface area contributed by atoms with Crippen molar-refractivity contribution < 1.29 is 22.7 Å². The molecule has 0 saturated carbocycles. The molecule has 1 aliphatic heterocycles. The molecule has 9 heteroatoms. The van der Waals surface area contributed by atoms with Crippen LogP contribution in [0.3, 0.4) is 0 Å². The first-order valence-electron chi connectivity index (χ1n) is 11.2. The highest BCUT2D eigenvalue weighted by molar-refractivity contribution is 7.90. The van der Waals surface area contributed by atoms with E-state index in [4.69, 9.17) is 9.47 Å². The molecule has 1 aliphatic rings. The van der Waals surface area contributed by atoms with Gasteiger partial charge in [-0.05, 0) is 65.6 Å². The Morgan fingerprint density at radius 3 is 2.37 bits per heavy atom. The Hall–Kier alpha value is -3.56. The van der Waals surface area contributed by atoms with E-state index in [1.165, 1.54) is 17.7 Å². The zero-order valence-electron chi connectivity index (χ0n) is 19.9. The SMILES string of the molecule is COc1ccc(C(C)NC(=O)Nc2ccc(S(=O)(=O)Cc3ccc4c(c3)CNC4)cc2)cc1OC. The fourth-order valence-electron chi connectivity index (χ4n) is 4.06. The maximum atomic E-state index is 12.9. The van der Waals surface area contributed by atoms with Crippen LogP contribution in [0.5, 0.6) is 11.5 Å². The summed E-state index contributed by atoms with van der Waals surface area (Å²) in [6.07, 6.45) is 0. The summed E-state index contributed by atoms with van der Waals surface area (Å²) in [4.78, 5) is 12.7. The summed E-state index contributed by atoms with van der Waals surface area (Å²) in [7, 11) is -0.396. The minimum absolute atomic E-state index is 0.0730. The maximum absolute atomic E-state index is 12.9. The predicted molar refractivity (Wildman–Crippen MR) is 134 cm³/mol. The Morgan fingerprint density at radius 2 is 1.66 bits per heavy atom. The summed E-state index contributed by atoms with van der Waals surface area (Å²) >= 11 is 0. The minimum Gasteiger partial charge on any atom is -0.493 e. The molecule has 1 unspecified atom stereocenters. The highest BCUT2D eigenvalue weighted by Gasteiger charge is 2.18. The molecule has 3 aromatic carbocycles. The monoisotopic (exact) mass is 495 g/mol. The number of rotatable bonds is 8. The van der Waals surface area contributed by atoms with Gasteiger partial charge in [0.25, 0.3) is 0 Å². The van der Waals surface area contributed by atoms with Gasteiger partial charge in [0, 0.05) is 18.8 Å². The van der Waals surface area contributed by atoms with Gasteiger partial charge in [-0.25, -0.2) is 13.2 Å². The number of fused-ring (bicyclic) bond motifs is 1. The second kappa shape index (κ2) is 10.4.